The van der Waals surface area contributed by atoms with Crippen molar-refractivity contribution in [1.29, 1.82) is 0 Å². The Kier molecular flexibility index (Phi) is 3.21. The van der Waals surface area contributed by atoms with Gasteiger partial charge in [0.2, 0.25) is 0 Å². The molecule has 1 aliphatic heterocycles. The number of hydrogen-bond acceptors (Lipinski definition) is 2. The van der Waals surface area contributed by atoms with Gasteiger partial charge < -0.3 is 10.2 Å². The van der Waals surface area contributed by atoms with E-state index in [2.05, 4.69) is 17.1 Å². The van der Waals surface area contributed by atoms with Gasteiger partial charge in [-0.15, -0.1) is 0 Å². The number of nitrogens with zero attached hydrogens (tertiary/aromatic N) is 1. The number of nitrogens with one attached hydrogen (secondary N) is 1. The number of hydrogen-bond donors (Lipinski definition) is 1. The Morgan fingerprint density at radius 1 is 1.33 bits per heavy atom. The molecule has 82 valence electrons. The fourth-order valence-corrected chi connectivity index (χ4v) is 2.05. The topological polar surface area (TPSA) is 15.3 Å². The number of benzene rings is 1. The predicted molar refractivity (Wildman–Crippen MR) is 60.7 cm³/mol. The van der Waals surface area contributed by atoms with E-state index < -0.39 is 0 Å². The van der Waals surface area contributed by atoms with Crippen LogP contribution in [0.25, 0.3) is 0 Å². The van der Waals surface area contributed by atoms with Gasteiger partial charge >= 0.3 is 0 Å². The van der Waals surface area contributed by atoms with Gasteiger partial charge in [-0.25, -0.2) is 4.39 Å². The Hall–Kier alpha value is -1.09. The Bertz CT molecular complexity index is 327. The van der Waals surface area contributed by atoms with Crippen LogP contribution in [-0.2, 0) is 0 Å². The van der Waals surface area contributed by atoms with Crippen LogP contribution in [0.4, 0.5) is 10.1 Å². The molecule has 1 aromatic rings. The summed E-state index contributed by atoms with van der Waals surface area (Å²) in [5.74, 6) is -0.119. The second-order valence-electron chi connectivity index (χ2n) is 4.03. The van der Waals surface area contributed by atoms with Crippen LogP contribution in [0.5, 0.6) is 0 Å². The predicted octanol–water partition coefficient (Wildman–Crippen LogP) is 2.01. The zero-order valence-corrected chi connectivity index (χ0v) is 9.04. The van der Waals surface area contributed by atoms with Gasteiger partial charge in [0.15, 0.2) is 0 Å². The van der Waals surface area contributed by atoms with Gasteiger partial charge in [0, 0.05) is 19.1 Å². The minimum Gasteiger partial charge on any atom is -0.365 e. The molecule has 1 saturated heterocycles. The highest BCUT2D eigenvalue weighted by Gasteiger charge is 2.18. The molecule has 1 fully saturated rings. The highest BCUT2D eigenvalue weighted by molar-refractivity contribution is 5.48. The lowest BCUT2D eigenvalue weighted by Gasteiger charge is -2.29. The molecule has 0 amide bonds. The van der Waals surface area contributed by atoms with Crippen molar-refractivity contribution < 1.29 is 4.39 Å². The van der Waals surface area contributed by atoms with Crippen LogP contribution in [0, 0.1) is 5.82 Å². The summed E-state index contributed by atoms with van der Waals surface area (Å²) in [5, 5.41) is 3.33. The minimum absolute atomic E-state index is 0.119. The van der Waals surface area contributed by atoms with E-state index in [1.54, 1.807) is 6.07 Å². The van der Waals surface area contributed by atoms with Crippen LogP contribution >= 0.6 is 0 Å². The number of rotatable bonds is 1. The third-order valence-electron chi connectivity index (χ3n) is 2.96. The molecule has 0 spiro atoms. The van der Waals surface area contributed by atoms with Crippen molar-refractivity contribution in [1.82, 2.24) is 5.32 Å². The van der Waals surface area contributed by atoms with Gasteiger partial charge in [-0.2, -0.15) is 0 Å². The first-order chi connectivity index (χ1) is 7.29. The summed E-state index contributed by atoms with van der Waals surface area (Å²) in [6.07, 6.45) is 1.06. The van der Waals surface area contributed by atoms with Crippen molar-refractivity contribution in [3.63, 3.8) is 0 Å². The molecular weight excluding hydrogens is 191 g/mol. The lowest BCUT2D eigenvalue weighted by Crippen LogP contribution is -2.34. The Balaban J connectivity index is 2.24. The second kappa shape index (κ2) is 4.62. The van der Waals surface area contributed by atoms with Crippen LogP contribution in [-0.4, -0.2) is 25.7 Å². The van der Waals surface area contributed by atoms with Gasteiger partial charge in [0.05, 0.1) is 5.69 Å². The molecule has 1 aromatic carbocycles. The summed E-state index contributed by atoms with van der Waals surface area (Å²) in [4.78, 5) is 2.15. The number of anilines is 1. The summed E-state index contributed by atoms with van der Waals surface area (Å²) in [7, 11) is 0. The largest absolute Gasteiger partial charge is 0.365 e. The first-order valence-corrected chi connectivity index (χ1v) is 5.51. The normalized spacial score (nSPS) is 22.5. The Morgan fingerprint density at radius 3 is 2.93 bits per heavy atom. The molecule has 1 unspecified atom stereocenters. The first-order valence-electron chi connectivity index (χ1n) is 5.51. The SMILES string of the molecule is CC1CCNCCN1c1ccccc1F. The van der Waals surface area contributed by atoms with Gasteiger partial charge in [-0.1, -0.05) is 12.1 Å². The molecule has 1 heterocycles. The summed E-state index contributed by atoms with van der Waals surface area (Å²) in [6, 6.07) is 7.41. The average Bonchev–Trinajstić information content (AvgIpc) is 2.44. The summed E-state index contributed by atoms with van der Waals surface area (Å²) >= 11 is 0. The third kappa shape index (κ3) is 2.29. The average molecular weight is 208 g/mol. The summed E-state index contributed by atoms with van der Waals surface area (Å²) in [6.45, 7) is 4.98. The minimum atomic E-state index is -0.119. The zero-order valence-electron chi connectivity index (χ0n) is 9.04. The van der Waals surface area contributed by atoms with E-state index in [4.69, 9.17) is 0 Å². The van der Waals surface area contributed by atoms with E-state index in [0.717, 1.165) is 31.7 Å². The molecule has 15 heavy (non-hydrogen) atoms. The molecule has 1 atom stereocenters. The van der Waals surface area contributed by atoms with Gasteiger partial charge in [0.1, 0.15) is 5.82 Å². The fraction of sp³-hybridized carbons (Fsp3) is 0.500. The third-order valence-corrected chi connectivity index (χ3v) is 2.96. The van der Waals surface area contributed by atoms with Crippen LogP contribution in [0.1, 0.15) is 13.3 Å². The van der Waals surface area contributed by atoms with Gasteiger partial charge in [0.25, 0.3) is 0 Å². The zero-order chi connectivity index (χ0) is 10.7. The van der Waals surface area contributed by atoms with Crippen LogP contribution < -0.4 is 10.2 Å². The van der Waals surface area contributed by atoms with E-state index in [-0.39, 0.29) is 5.82 Å². The smallest absolute Gasteiger partial charge is 0.146 e. The quantitative estimate of drug-likeness (QED) is 0.759. The van der Waals surface area contributed by atoms with Crippen molar-refractivity contribution in [3.05, 3.63) is 30.1 Å². The van der Waals surface area contributed by atoms with Crippen LogP contribution in [0.2, 0.25) is 0 Å². The molecular formula is C12H17FN2. The Morgan fingerprint density at radius 2 is 2.13 bits per heavy atom. The molecule has 2 rings (SSSR count). The maximum Gasteiger partial charge on any atom is 0.146 e. The van der Waals surface area contributed by atoms with E-state index in [1.807, 2.05) is 12.1 Å². The van der Waals surface area contributed by atoms with E-state index >= 15 is 0 Å². The standard InChI is InChI=1S/C12H17FN2/c1-10-6-7-14-8-9-15(10)12-5-3-2-4-11(12)13/h2-5,10,14H,6-9H2,1H3. The van der Waals surface area contributed by atoms with Crippen LogP contribution in [0.3, 0.4) is 0 Å². The van der Waals surface area contributed by atoms with Crippen molar-refractivity contribution in [2.45, 2.75) is 19.4 Å². The van der Waals surface area contributed by atoms with Gasteiger partial charge in [-0.05, 0) is 32.0 Å². The molecule has 2 nitrogen and oxygen atoms in total. The lowest BCUT2D eigenvalue weighted by atomic mass is 10.2. The van der Waals surface area contributed by atoms with Crippen molar-refractivity contribution in [3.8, 4) is 0 Å². The monoisotopic (exact) mass is 208 g/mol. The molecule has 0 bridgehead atoms. The van der Waals surface area contributed by atoms with Crippen molar-refractivity contribution in [2.75, 3.05) is 24.5 Å². The van der Waals surface area contributed by atoms with E-state index in [0.29, 0.717) is 6.04 Å². The molecule has 0 saturated carbocycles. The molecule has 0 radical (unpaired) electrons. The number of halogens is 1. The molecule has 0 aliphatic carbocycles. The Labute approximate surface area is 90.1 Å². The molecule has 1 N–H and O–H groups in total. The maximum absolute atomic E-state index is 13.6. The van der Waals surface area contributed by atoms with Crippen molar-refractivity contribution in [2.24, 2.45) is 0 Å². The van der Waals surface area contributed by atoms with Gasteiger partial charge in [-0.3, -0.25) is 0 Å². The maximum atomic E-state index is 13.6. The highest BCUT2D eigenvalue weighted by Crippen LogP contribution is 2.22. The molecule has 1 aliphatic rings. The summed E-state index contributed by atoms with van der Waals surface area (Å²) in [5.41, 5.74) is 0.730. The molecule has 3 heteroatoms. The lowest BCUT2D eigenvalue weighted by molar-refractivity contribution is 0.588. The number of para-hydroxylation sites is 1. The van der Waals surface area contributed by atoms with Crippen LogP contribution in [0.15, 0.2) is 24.3 Å². The fourth-order valence-electron chi connectivity index (χ4n) is 2.05. The first kappa shape index (κ1) is 10.4. The second-order valence-corrected chi connectivity index (χ2v) is 4.03. The van der Waals surface area contributed by atoms with E-state index in [1.165, 1.54) is 6.07 Å². The van der Waals surface area contributed by atoms with E-state index in [9.17, 15) is 4.39 Å². The highest BCUT2D eigenvalue weighted by atomic mass is 19.1. The summed E-state index contributed by atoms with van der Waals surface area (Å²) < 4.78 is 13.6. The van der Waals surface area contributed by atoms with Crippen molar-refractivity contribution >= 4 is 5.69 Å². The molecule has 0 aromatic heterocycles.